The lowest BCUT2D eigenvalue weighted by Gasteiger charge is -2.59. The van der Waals surface area contributed by atoms with Gasteiger partial charge in [-0.3, -0.25) is 0 Å². The molecule has 0 aliphatic heterocycles. The van der Waals surface area contributed by atoms with Gasteiger partial charge in [-0.25, -0.2) is 9.59 Å². The Morgan fingerprint density at radius 3 is 2.36 bits per heavy atom. The van der Waals surface area contributed by atoms with Gasteiger partial charge < -0.3 is 18.9 Å². The predicted molar refractivity (Wildman–Crippen MR) is 94.5 cm³/mol. The standard InChI is InChI=1S/C20H30F2O6/c1-4-25-12(2)27-11-20-7-13-5-14(8-20)17(15(6-13)9-20)28-16(23)10-26-18(24)19(3,21)22/h12-15,17H,4-11H2,1-3H3. The number of halogens is 2. The molecule has 4 aliphatic rings. The van der Waals surface area contributed by atoms with Crippen molar-refractivity contribution in [3.8, 4) is 0 Å². The summed E-state index contributed by atoms with van der Waals surface area (Å²) in [5.41, 5.74) is 0.0987. The molecule has 0 amide bonds. The Kier molecular flexibility index (Phi) is 6.29. The van der Waals surface area contributed by atoms with E-state index in [1.54, 1.807) is 0 Å². The second-order valence-corrected chi connectivity index (χ2v) is 8.72. The molecule has 4 fully saturated rings. The van der Waals surface area contributed by atoms with Crippen LogP contribution in [0.4, 0.5) is 8.78 Å². The number of carbonyl (C=O) groups is 2. The van der Waals surface area contributed by atoms with Gasteiger partial charge in [0.15, 0.2) is 12.9 Å². The molecule has 6 nitrogen and oxygen atoms in total. The molecule has 0 aromatic heterocycles. The fourth-order valence-electron chi connectivity index (χ4n) is 5.53. The van der Waals surface area contributed by atoms with Crippen LogP contribution in [0, 0.1) is 23.2 Å². The van der Waals surface area contributed by atoms with Crippen molar-refractivity contribution < 1.29 is 37.3 Å². The summed E-state index contributed by atoms with van der Waals surface area (Å²) in [6, 6.07) is 0. The van der Waals surface area contributed by atoms with Crippen molar-refractivity contribution in [3.05, 3.63) is 0 Å². The van der Waals surface area contributed by atoms with E-state index in [0.29, 0.717) is 26.1 Å². The molecule has 0 heterocycles. The monoisotopic (exact) mass is 404 g/mol. The summed E-state index contributed by atoms with van der Waals surface area (Å²) < 4.78 is 47.0. The lowest BCUT2D eigenvalue weighted by atomic mass is 9.49. The second-order valence-electron chi connectivity index (χ2n) is 8.72. The van der Waals surface area contributed by atoms with Crippen LogP contribution in [0.25, 0.3) is 0 Å². The Bertz CT molecular complexity index is 574. The first-order valence-electron chi connectivity index (χ1n) is 10.1. The highest BCUT2D eigenvalue weighted by atomic mass is 19.3. The topological polar surface area (TPSA) is 71.1 Å². The number of rotatable bonds is 9. The largest absolute Gasteiger partial charge is 0.459 e. The van der Waals surface area contributed by atoms with E-state index in [1.807, 2.05) is 13.8 Å². The van der Waals surface area contributed by atoms with E-state index >= 15 is 0 Å². The molecule has 4 saturated carbocycles. The molecule has 0 aromatic carbocycles. The van der Waals surface area contributed by atoms with Crippen LogP contribution in [-0.2, 0) is 28.5 Å². The third-order valence-corrected chi connectivity index (χ3v) is 6.29. The molecule has 4 aliphatic carbocycles. The van der Waals surface area contributed by atoms with Gasteiger partial charge >= 0.3 is 17.9 Å². The SMILES string of the molecule is CCOC(C)OCC12CC3CC(C1)C(OC(=O)COC(=O)C(C)(F)F)C(C3)C2. The van der Waals surface area contributed by atoms with Crippen molar-refractivity contribution in [2.75, 3.05) is 19.8 Å². The molecule has 3 atom stereocenters. The summed E-state index contributed by atoms with van der Waals surface area (Å²) in [6.07, 6.45) is 4.50. The third kappa shape index (κ3) is 4.82. The number of esters is 2. The smallest absolute Gasteiger partial charge is 0.377 e. The molecule has 8 heteroatoms. The number of ether oxygens (including phenoxy) is 4. The van der Waals surface area contributed by atoms with Crippen LogP contribution in [0.1, 0.15) is 52.9 Å². The van der Waals surface area contributed by atoms with Gasteiger partial charge in [-0.2, -0.15) is 8.78 Å². The van der Waals surface area contributed by atoms with E-state index in [9.17, 15) is 18.4 Å². The Hall–Kier alpha value is -1.28. The summed E-state index contributed by atoms with van der Waals surface area (Å²) in [5.74, 6) is -5.00. The minimum absolute atomic E-state index is 0.0987. The van der Waals surface area contributed by atoms with Gasteiger partial charge in [0.1, 0.15) is 6.10 Å². The highest BCUT2D eigenvalue weighted by Crippen LogP contribution is 2.60. The van der Waals surface area contributed by atoms with E-state index in [0.717, 1.165) is 32.1 Å². The first kappa shape index (κ1) is 21.4. The second kappa shape index (κ2) is 8.22. The molecule has 28 heavy (non-hydrogen) atoms. The van der Waals surface area contributed by atoms with Gasteiger partial charge in [0.25, 0.3) is 0 Å². The molecule has 0 spiro atoms. The predicted octanol–water partition coefficient (Wildman–Crippen LogP) is 3.32. The number of hydrogen-bond acceptors (Lipinski definition) is 6. The summed E-state index contributed by atoms with van der Waals surface area (Å²) >= 11 is 0. The van der Waals surface area contributed by atoms with Crippen molar-refractivity contribution in [1.29, 1.82) is 0 Å². The number of carbonyl (C=O) groups excluding carboxylic acids is 2. The van der Waals surface area contributed by atoms with E-state index in [1.165, 1.54) is 0 Å². The van der Waals surface area contributed by atoms with Crippen LogP contribution in [0.15, 0.2) is 0 Å². The van der Waals surface area contributed by atoms with Crippen LogP contribution in [0.5, 0.6) is 0 Å². The Morgan fingerprint density at radius 1 is 1.14 bits per heavy atom. The van der Waals surface area contributed by atoms with Gasteiger partial charge in [0.05, 0.1) is 6.61 Å². The summed E-state index contributed by atoms with van der Waals surface area (Å²) in [7, 11) is 0. The van der Waals surface area contributed by atoms with E-state index in [2.05, 4.69) is 4.74 Å². The first-order chi connectivity index (χ1) is 13.1. The van der Waals surface area contributed by atoms with Gasteiger partial charge in [-0.15, -0.1) is 0 Å². The first-order valence-corrected chi connectivity index (χ1v) is 10.1. The van der Waals surface area contributed by atoms with Gasteiger partial charge in [-0.05, 0) is 69.1 Å². The molecule has 0 N–H and O–H groups in total. The van der Waals surface area contributed by atoms with E-state index < -0.39 is 24.5 Å². The van der Waals surface area contributed by atoms with Crippen LogP contribution in [0.2, 0.25) is 0 Å². The van der Waals surface area contributed by atoms with Crippen LogP contribution < -0.4 is 0 Å². The van der Waals surface area contributed by atoms with Crippen molar-refractivity contribution >= 4 is 11.9 Å². The van der Waals surface area contributed by atoms with Gasteiger partial charge in [0, 0.05) is 13.5 Å². The zero-order chi connectivity index (χ0) is 20.5. The molecule has 3 unspecified atom stereocenters. The Labute approximate surface area is 164 Å². The van der Waals surface area contributed by atoms with Crippen LogP contribution >= 0.6 is 0 Å². The average molecular weight is 404 g/mol. The molecule has 4 rings (SSSR count). The minimum atomic E-state index is -3.62. The number of hydrogen-bond donors (Lipinski definition) is 0. The summed E-state index contributed by atoms with van der Waals surface area (Å²) in [6.45, 7) is 4.74. The maximum atomic E-state index is 12.8. The Balaban J connectivity index is 1.53. The van der Waals surface area contributed by atoms with E-state index in [-0.39, 0.29) is 29.6 Å². The maximum absolute atomic E-state index is 12.8. The van der Waals surface area contributed by atoms with Crippen LogP contribution in [0.3, 0.4) is 0 Å². The molecule has 160 valence electrons. The minimum Gasteiger partial charge on any atom is -0.459 e. The van der Waals surface area contributed by atoms with Crippen molar-refractivity contribution in [2.24, 2.45) is 23.2 Å². The zero-order valence-corrected chi connectivity index (χ0v) is 16.7. The normalized spacial score (nSPS) is 34.9. The summed E-state index contributed by atoms with van der Waals surface area (Å²) in [5, 5.41) is 0. The molecule has 4 bridgehead atoms. The fourth-order valence-corrected chi connectivity index (χ4v) is 5.53. The fraction of sp³-hybridized carbons (Fsp3) is 0.900. The molecule has 0 radical (unpaired) electrons. The average Bonchev–Trinajstić information content (AvgIpc) is 2.60. The van der Waals surface area contributed by atoms with Crippen LogP contribution in [-0.4, -0.2) is 50.1 Å². The van der Waals surface area contributed by atoms with Gasteiger partial charge in [0.2, 0.25) is 0 Å². The number of alkyl halides is 2. The van der Waals surface area contributed by atoms with E-state index in [4.69, 9.17) is 14.2 Å². The molecular weight excluding hydrogens is 374 g/mol. The van der Waals surface area contributed by atoms with Crippen molar-refractivity contribution in [1.82, 2.24) is 0 Å². The highest BCUT2D eigenvalue weighted by Gasteiger charge is 2.56. The Morgan fingerprint density at radius 2 is 1.79 bits per heavy atom. The quantitative estimate of drug-likeness (QED) is 0.434. The van der Waals surface area contributed by atoms with Crippen molar-refractivity contribution in [3.63, 3.8) is 0 Å². The zero-order valence-electron chi connectivity index (χ0n) is 16.7. The summed E-state index contributed by atoms with van der Waals surface area (Å²) in [4.78, 5) is 23.2. The molecule has 0 aromatic rings. The molecule has 0 saturated heterocycles. The lowest BCUT2D eigenvalue weighted by molar-refractivity contribution is -0.209. The molecular formula is C20H30F2O6. The highest BCUT2D eigenvalue weighted by molar-refractivity contribution is 5.80. The van der Waals surface area contributed by atoms with Gasteiger partial charge in [-0.1, -0.05) is 0 Å². The maximum Gasteiger partial charge on any atom is 0.377 e. The van der Waals surface area contributed by atoms with Crippen molar-refractivity contribution in [2.45, 2.75) is 71.2 Å². The lowest BCUT2D eigenvalue weighted by Crippen LogP contribution is -2.56. The third-order valence-electron chi connectivity index (χ3n) is 6.29.